The first kappa shape index (κ1) is 13.1. The highest BCUT2D eigenvalue weighted by Gasteiger charge is 2.49. The summed E-state index contributed by atoms with van der Waals surface area (Å²) in [4.78, 5) is 0. The van der Waals surface area contributed by atoms with Gasteiger partial charge in [-0.25, -0.2) is 0 Å². The molecule has 0 bridgehead atoms. The van der Waals surface area contributed by atoms with Gasteiger partial charge in [0.1, 0.15) is 6.10 Å². The normalized spacial score (nSPS) is 35.7. The molecule has 1 aliphatic heterocycles. The fourth-order valence-corrected chi connectivity index (χ4v) is 2.89. The molecule has 2 rings (SSSR count). The Morgan fingerprint density at radius 3 is 2.53 bits per heavy atom. The molecule has 2 aliphatic rings. The van der Waals surface area contributed by atoms with Crippen LogP contribution in [0.15, 0.2) is 12.7 Å². The molecule has 0 aromatic carbocycles. The number of aliphatic hydroxyl groups excluding tert-OH is 1. The lowest BCUT2D eigenvalue weighted by Gasteiger charge is -2.32. The maximum atomic E-state index is 10.2. The Morgan fingerprint density at radius 1 is 1.29 bits per heavy atom. The molecule has 0 amide bonds. The van der Waals surface area contributed by atoms with Gasteiger partial charge in [-0.3, -0.25) is 0 Å². The zero-order valence-corrected chi connectivity index (χ0v) is 10.9. The molecule has 17 heavy (non-hydrogen) atoms. The molecule has 1 heterocycles. The van der Waals surface area contributed by atoms with Gasteiger partial charge in [-0.15, -0.1) is 6.58 Å². The first-order valence-corrected chi connectivity index (χ1v) is 6.74. The smallest absolute Gasteiger partial charge is 0.169 e. The molecular formula is C14H24O3. The molecule has 3 heteroatoms. The van der Waals surface area contributed by atoms with Crippen molar-refractivity contribution in [2.24, 2.45) is 5.92 Å². The predicted molar refractivity (Wildman–Crippen MR) is 66.6 cm³/mol. The second-order valence-electron chi connectivity index (χ2n) is 5.46. The monoisotopic (exact) mass is 240 g/mol. The van der Waals surface area contributed by atoms with Crippen molar-refractivity contribution >= 4 is 0 Å². The van der Waals surface area contributed by atoms with Gasteiger partial charge in [0.25, 0.3) is 0 Å². The van der Waals surface area contributed by atoms with Crippen LogP contribution >= 0.6 is 0 Å². The van der Waals surface area contributed by atoms with Crippen molar-refractivity contribution in [2.75, 3.05) is 0 Å². The predicted octanol–water partition coefficient (Wildman–Crippen LogP) is 2.63. The molecule has 1 saturated carbocycles. The topological polar surface area (TPSA) is 38.7 Å². The lowest BCUT2D eigenvalue weighted by Crippen LogP contribution is -2.39. The van der Waals surface area contributed by atoms with Crippen LogP contribution in [0.25, 0.3) is 0 Å². The minimum absolute atomic E-state index is 0.0322. The fourth-order valence-electron chi connectivity index (χ4n) is 2.89. The van der Waals surface area contributed by atoms with E-state index in [9.17, 15) is 5.11 Å². The van der Waals surface area contributed by atoms with Crippen LogP contribution in [0, 0.1) is 5.92 Å². The van der Waals surface area contributed by atoms with Gasteiger partial charge in [-0.05, 0) is 19.8 Å². The van der Waals surface area contributed by atoms with E-state index in [-0.39, 0.29) is 18.1 Å². The summed E-state index contributed by atoms with van der Waals surface area (Å²) in [5.74, 6) is -0.380. The van der Waals surface area contributed by atoms with E-state index in [4.69, 9.17) is 9.47 Å². The van der Waals surface area contributed by atoms with Gasteiger partial charge in [-0.1, -0.05) is 19.4 Å². The third kappa shape index (κ3) is 2.56. The van der Waals surface area contributed by atoms with E-state index in [1.807, 2.05) is 13.8 Å². The Morgan fingerprint density at radius 2 is 1.94 bits per heavy atom. The molecule has 0 radical (unpaired) electrons. The van der Waals surface area contributed by atoms with Crippen molar-refractivity contribution in [1.82, 2.24) is 0 Å². The van der Waals surface area contributed by atoms with Crippen molar-refractivity contribution in [3.8, 4) is 0 Å². The molecule has 2 fully saturated rings. The molecule has 3 nitrogen and oxygen atoms in total. The Bertz CT molecular complexity index is 271. The van der Waals surface area contributed by atoms with Crippen LogP contribution in [-0.4, -0.2) is 29.2 Å². The highest BCUT2D eigenvalue weighted by atomic mass is 16.8. The van der Waals surface area contributed by atoms with Crippen LogP contribution in [0.2, 0.25) is 0 Å². The van der Waals surface area contributed by atoms with Crippen LogP contribution < -0.4 is 0 Å². The van der Waals surface area contributed by atoms with Crippen LogP contribution in [0.4, 0.5) is 0 Å². The molecule has 0 aromatic heterocycles. The number of ether oxygens (including phenoxy) is 2. The first-order valence-electron chi connectivity index (χ1n) is 6.74. The van der Waals surface area contributed by atoms with Gasteiger partial charge in [-0.2, -0.15) is 0 Å². The summed E-state index contributed by atoms with van der Waals surface area (Å²) in [6, 6.07) is 0. The summed E-state index contributed by atoms with van der Waals surface area (Å²) in [5, 5.41) is 10.2. The highest BCUT2D eigenvalue weighted by Crippen LogP contribution is 2.41. The lowest BCUT2D eigenvalue weighted by molar-refractivity contribution is -0.200. The third-order valence-corrected chi connectivity index (χ3v) is 4.08. The quantitative estimate of drug-likeness (QED) is 0.771. The average Bonchev–Trinajstić information content (AvgIpc) is 2.65. The van der Waals surface area contributed by atoms with E-state index in [1.165, 1.54) is 6.42 Å². The Hall–Kier alpha value is -0.380. The molecule has 98 valence electrons. The Labute approximate surface area is 104 Å². The van der Waals surface area contributed by atoms with Gasteiger partial charge in [0.2, 0.25) is 0 Å². The molecule has 1 saturated heterocycles. The van der Waals surface area contributed by atoms with Crippen LogP contribution in [0.5, 0.6) is 0 Å². The van der Waals surface area contributed by atoms with Crippen molar-refractivity contribution in [3.63, 3.8) is 0 Å². The summed E-state index contributed by atoms with van der Waals surface area (Å²) in [5.41, 5.74) is 0. The summed E-state index contributed by atoms with van der Waals surface area (Å²) >= 11 is 0. The molecule has 0 aromatic rings. The standard InChI is InChI=1S/C14H24O3/c1-4-10(2)12(15)13-11(3)16-14(17-13)8-6-5-7-9-14/h4,10-13,15H,1,5-9H2,2-3H3/t10-,11-,12-,13+/m1/s1. The SMILES string of the molecule is C=C[C@@H](C)[C@@H](O)[C@H]1OC2(CCCCC2)O[C@@H]1C. The third-order valence-electron chi connectivity index (χ3n) is 4.08. The molecule has 1 spiro atoms. The van der Waals surface area contributed by atoms with Crippen molar-refractivity contribution < 1.29 is 14.6 Å². The van der Waals surface area contributed by atoms with Crippen LogP contribution in [-0.2, 0) is 9.47 Å². The van der Waals surface area contributed by atoms with Crippen molar-refractivity contribution in [2.45, 2.75) is 70.1 Å². The fraction of sp³-hybridized carbons (Fsp3) is 0.857. The van der Waals surface area contributed by atoms with Crippen LogP contribution in [0.3, 0.4) is 0 Å². The van der Waals surface area contributed by atoms with Crippen molar-refractivity contribution in [3.05, 3.63) is 12.7 Å². The van der Waals surface area contributed by atoms with Gasteiger partial charge in [0.05, 0.1) is 12.2 Å². The molecule has 1 N–H and O–H groups in total. The zero-order chi connectivity index (χ0) is 12.5. The van der Waals surface area contributed by atoms with Gasteiger partial charge in [0.15, 0.2) is 5.79 Å². The number of hydrogen-bond acceptors (Lipinski definition) is 3. The van der Waals surface area contributed by atoms with Crippen molar-refractivity contribution in [1.29, 1.82) is 0 Å². The number of rotatable bonds is 3. The number of aliphatic hydroxyl groups is 1. The average molecular weight is 240 g/mol. The molecule has 0 unspecified atom stereocenters. The van der Waals surface area contributed by atoms with E-state index < -0.39 is 11.9 Å². The van der Waals surface area contributed by atoms with Crippen LogP contribution in [0.1, 0.15) is 46.0 Å². The Kier molecular flexibility index (Phi) is 3.91. The Balaban J connectivity index is 2.03. The summed E-state index contributed by atoms with van der Waals surface area (Å²) in [6.45, 7) is 7.68. The van der Waals surface area contributed by atoms with E-state index in [0.717, 1.165) is 25.7 Å². The lowest BCUT2D eigenvalue weighted by atomic mass is 9.94. The molecular weight excluding hydrogens is 216 g/mol. The van der Waals surface area contributed by atoms with E-state index >= 15 is 0 Å². The van der Waals surface area contributed by atoms with Gasteiger partial charge < -0.3 is 14.6 Å². The number of hydrogen-bond donors (Lipinski definition) is 1. The summed E-state index contributed by atoms with van der Waals surface area (Å²) in [6.07, 6.45) is 6.49. The van der Waals surface area contributed by atoms with Gasteiger partial charge >= 0.3 is 0 Å². The van der Waals surface area contributed by atoms with E-state index in [1.54, 1.807) is 6.08 Å². The van der Waals surface area contributed by atoms with Gasteiger partial charge in [0, 0.05) is 18.8 Å². The molecule has 1 aliphatic carbocycles. The largest absolute Gasteiger partial charge is 0.390 e. The minimum Gasteiger partial charge on any atom is -0.390 e. The first-order chi connectivity index (χ1) is 8.08. The minimum atomic E-state index is -0.524. The second-order valence-corrected chi connectivity index (χ2v) is 5.46. The maximum absolute atomic E-state index is 10.2. The zero-order valence-electron chi connectivity index (χ0n) is 10.9. The second kappa shape index (κ2) is 5.09. The summed E-state index contributed by atoms with van der Waals surface area (Å²) < 4.78 is 12.1. The molecule has 4 atom stereocenters. The highest BCUT2D eigenvalue weighted by molar-refractivity contribution is 4.94. The van der Waals surface area contributed by atoms with E-state index in [2.05, 4.69) is 6.58 Å². The van der Waals surface area contributed by atoms with E-state index in [0.29, 0.717) is 0 Å². The summed E-state index contributed by atoms with van der Waals surface area (Å²) in [7, 11) is 0. The maximum Gasteiger partial charge on any atom is 0.169 e.